The molecule has 0 aliphatic carbocycles. The van der Waals surface area contributed by atoms with Crippen molar-refractivity contribution in [1.82, 2.24) is 10.1 Å². The van der Waals surface area contributed by atoms with Crippen LogP contribution in [0.25, 0.3) is 0 Å². The second-order valence-corrected chi connectivity index (χ2v) is 6.28. The summed E-state index contributed by atoms with van der Waals surface area (Å²) in [5.74, 6) is 1.09. The van der Waals surface area contributed by atoms with Crippen LogP contribution < -0.4 is 0 Å². The minimum atomic E-state index is 0.0272. The number of carbonyl (C=O) groups is 1. The standard InChI is InChI=1S/C18H22N2O3/c1-12-17(13(2)23-19-12)18(22)20-8-7-16(10-20)9-14-3-5-15(11-21)6-4-14/h3-6,16,21H,7-11H2,1-2H3. The number of amides is 1. The molecule has 2 heterocycles. The largest absolute Gasteiger partial charge is 0.392 e. The minimum Gasteiger partial charge on any atom is -0.392 e. The lowest BCUT2D eigenvalue weighted by atomic mass is 9.98. The van der Waals surface area contributed by atoms with Crippen molar-refractivity contribution in [3.63, 3.8) is 0 Å². The lowest BCUT2D eigenvalue weighted by molar-refractivity contribution is 0.0784. The monoisotopic (exact) mass is 314 g/mol. The number of hydrogen-bond acceptors (Lipinski definition) is 4. The first-order chi connectivity index (χ1) is 11.1. The number of nitrogens with zero attached hydrogens (tertiary/aromatic N) is 2. The predicted molar refractivity (Wildman–Crippen MR) is 86.1 cm³/mol. The highest BCUT2D eigenvalue weighted by Crippen LogP contribution is 2.24. The Kier molecular flexibility index (Phi) is 4.48. The van der Waals surface area contributed by atoms with Crippen LogP contribution in [0.5, 0.6) is 0 Å². The van der Waals surface area contributed by atoms with Crippen LogP contribution in [0, 0.1) is 19.8 Å². The molecule has 122 valence electrons. The molecule has 3 rings (SSSR count). The minimum absolute atomic E-state index is 0.0272. The fourth-order valence-electron chi connectivity index (χ4n) is 3.24. The third-order valence-electron chi connectivity index (χ3n) is 4.55. The molecule has 2 aromatic rings. The number of aromatic nitrogens is 1. The number of aliphatic hydroxyl groups is 1. The molecule has 0 saturated carbocycles. The van der Waals surface area contributed by atoms with E-state index in [0.29, 0.717) is 22.9 Å². The number of hydrogen-bond donors (Lipinski definition) is 1. The lowest BCUT2D eigenvalue weighted by Crippen LogP contribution is -2.29. The van der Waals surface area contributed by atoms with Gasteiger partial charge in [0.1, 0.15) is 11.3 Å². The summed E-state index contributed by atoms with van der Waals surface area (Å²) in [4.78, 5) is 14.5. The zero-order chi connectivity index (χ0) is 16.4. The molecule has 1 N–H and O–H groups in total. The molecule has 0 spiro atoms. The van der Waals surface area contributed by atoms with Crippen molar-refractivity contribution < 1.29 is 14.4 Å². The zero-order valence-corrected chi connectivity index (χ0v) is 13.6. The summed E-state index contributed by atoms with van der Waals surface area (Å²) in [7, 11) is 0. The van der Waals surface area contributed by atoms with Gasteiger partial charge in [0.15, 0.2) is 0 Å². The number of rotatable bonds is 4. The molecule has 5 nitrogen and oxygen atoms in total. The van der Waals surface area contributed by atoms with E-state index in [9.17, 15) is 4.79 Å². The highest BCUT2D eigenvalue weighted by atomic mass is 16.5. The van der Waals surface area contributed by atoms with Gasteiger partial charge in [-0.2, -0.15) is 0 Å². The van der Waals surface area contributed by atoms with Crippen LogP contribution in [-0.4, -0.2) is 34.2 Å². The maximum Gasteiger partial charge on any atom is 0.259 e. The highest BCUT2D eigenvalue weighted by molar-refractivity contribution is 5.96. The fraction of sp³-hybridized carbons (Fsp3) is 0.444. The quantitative estimate of drug-likeness (QED) is 0.941. The molecule has 1 aromatic heterocycles. The second-order valence-electron chi connectivity index (χ2n) is 6.28. The third-order valence-corrected chi connectivity index (χ3v) is 4.55. The average Bonchev–Trinajstić information content (AvgIpc) is 3.15. The van der Waals surface area contributed by atoms with Crippen LogP contribution in [-0.2, 0) is 13.0 Å². The lowest BCUT2D eigenvalue weighted by Gasteiger charge is -2.16. The first-order valence-electron chi connectivity index (χ1n) is 7.99. The van der Waals surface area contributed by atoms with Crippen LogP contribution in [0.4, 0.5) is 0 Å². The van der Waals surface area contributed by atoms with Gasteiger partial charge < -0.3 is 14.5 Å². The van der Waals surface area contributed by atoms with Gasteiger partial charge in [0, 0.05) is 13.1 Å². The smallest absolute Gasteiger partial charge is 0.259 e. The van der Waals surface area contributed by atoms with Gasteiger partial charge in [0.25, 0.3) is 5.91 Å². The van der Waals surface area contributed by atoms with Gasteiger partial charge in [0.05, 0.1) is 12.3 Å². The van der Waals surface area contributed by atoms with E-state index in [0.717, 1.165) is 31.5 Å². The summed E-state index contributed by atoms with van der Waals surface area (Å²) in [5, 5.41) is 13.0. The summed E-state index contributed by atoms with van der Waals surface area (Å²) in [5.41, 5.74) is 3.45. The van der Waals surface area contributed by atoms with E-state index in [1.807, 2.05) is 17.0 Å². The van der Waals surface area contributed by atoms with Gasteiger partial charge in [-0.25, -0.2) is 0 Å². The van der Waals surface area contributed by atoms with Crippen molar-refractivity contribution in [2.75, 3.05) is 13.1 Å². The Morgan fingerprint density at radius 1 is 1.30 bits per heavy atom. The Bertz CT molecular complexity index is 671. The van der Waals surface area contributed by atoms with E-state index >= 15 is 0 Å². The maximum atomic E-state index is 12.6. The fourth-order valence-corrected chi connectivity index (χ4v) is 3.24. The van der Waals surface area contributed by atoms with Crippen LogP contribution >= 0.6 is 0 Å². The summed E-state index contributed by atoms with van der Waals surface area (Å²) in [6.07, 6.45) is 1.97. The first-order valence-corrected chi connectivity index (χ1v) is 7.99. The molecule has 1 saturated heterocycles. The summed E-state index contributed by atoms with van der Waals surface area (Å²) < 4.78 is 5.10. The Balaban J connectivity index is 1.63. The molecule has 0 radical (unpaired) electrons. The van der Waals surface area contributed by atoms with Gasteiger partial charge in [-0.1, -0.05) is 29.4 Å². The number of carbonyl (C=O) groups excluding carboxylic acids is 1. The Morgan fingerprint density at radius 3 is 2.61 bits per heavy atom. The number of likely N-dealkylation sites (tertiary alicyclic amines) is 1. The number of benzene rings is 1. The van der Waals surface area contributed by atoms with E-state index in [4.69, 9.17) is 9.63 Å². The molecular formula is C18H22N2O3. The van der Waals surface area contributed by atoms with E-state index < -0.39 is 0 Å². The van der Waals surface area contributed by atoms with Crippen LogP contribution in [0.15, 0.2) is 28.8 Å². The van der Waals surface area contributed by atoms with E-state index in [1.54, 1.807) is 13.8 Å². The van der Waals surface area contributed by atoms with Crippen LogP contribution in [0.2, 0.25) is 0 Å². The van der Waals surface area contributed by atoms with Crippen molar-refractivity contribution in [1.29, 1.82) is 0 Å². The molecule has 23 heavy (non-hydrogen) atoms. The number of aryl methyl sites for hydroxylation is 2. The van der Waals surface area contributed by atoms with Crippen molar-refractivity contribution in [3.05, 3.63) is 52.4 Å². The van der Waals surface area contributed by atoms with Gasteiger partial charge >= 0.3 is 0 Å². The van der Waals surface area contributed by atoms with E-state index in [1.165, 1.54) is 5.56 Å². The van der Waals surface area contributed by atoms with Crippen molar-refractivity contribution in [2.45, 2.75) is 33.3 Å². The van der Waals surface area contributed by atoms with Crippen molar-refractivity contribution in [2.24, 2.45) is 5.92 Å². The van der Waals surface area contributed by atoms with E-state index in [-0.39, 0.29) is 12.5 Å². The highest BCUT2D eigenvalue weighted by Gasteiger charge is 2.30. The maximum absolute atomic E-state index is 12.6. The molecule has 1 amide bonds. The Labute approximate surface area is 135 Å². The molecule has 5 heteroatoms. The average molecular weight is 314 g/mol. The van der Waals surface area contributed by atoms with Crippen molar-refractivity contribution in [3.8, 4) is 0 Å². The van der Waals surface area contributed by atoms with E-state index in [2.05, 4.69) is 17.3 Å². The number of aliphatic hydroxyl groups excluding tert-OH is 1. The topological polar surface area (TPSA) is 66.6 Å². The van der Waals surface area contributed by atoms with Gasteiger partial charge in [-0.3, -0.25) is 4.79 Å². The van der Waals surface area contributed by atoms with Gasteiger partial charge in [0.2, 0.25) is 0 Å². The SMILES string of the molecule is Cc1noc(C)c1C(=O)N1CCC(Cc2ccc(CO)cc2)C1. The first kappa shape index (κ1) is 15.7. The Hall–Kier alpha value is -2.14. The predicted octanol–water partition coefficient (Wildman–Crippen LogP) is 2.49. The summed E-state index contributed by atoms with van der Waals surface area (Å²) in [6.45, 7) is 5.21. The van der Waals surface area contributed by atoms with Gasteiger partial charge in [-0.15, -0.1) is 0 Å². The molecule has 1 fully saturated rings. The molecule has 1 aliphatic rings. The molecule has 1 aromatic carbocycles. The molecular weight excluding hydrogens is 292 g/mol. The summed E-state index contributed by atoms with van der Waals surface area (Å²) in [6, 6.07) is 8.03. The molecule has 0 bridgehead atoms. The third kappa shape index (κ3) is 3.29. The van der Waals surface area contributed by atoms with Crippen LogP contribution in [0.3, 0.4) is 0 Å². The molecule has 1 atom stereocenters. The molecule has 1 aliphatic heterocycles. The summed E-state index contributed by atoms with van der Waals surface area (Å²) >= 11 is 0. The Morgan fingerprint density at radius 2 is 2.00 bits per heavy atom. The normalized spacial score (nSPS) is 17.7. The zero-order valence-electron chi connectivity index (χ0n) is 13.6. The van der Waals surface area contributed by atoms with Crippen LogP contribution in [0.1, 0.15) is 39.4 Å². The van der Waals surface area contributed by atoms with Gasteiger partial charge in [-0.05, 0) is 43.7 Å². The second kappa shape index (κ2) is 6.54. The van der Waals surface area contributed by atoms with Crippen molar-refractivity contribution >= 4 is 5.91 Å². The molecule has 1 unspecified atom stereocenters.